The molecule has 6 nitrogen and oxygen atoms in total. The highest BCUT2D eigenvalue weighted by Crippen LogP contribution is 2.32. The van der Waals surface area contributed by atoms with E-state index in [1.807, 2.05) is 17.1 Å². The van der Waals surface area contributed by atoms with E-state index in [2.05, 4.69) is 68.7 Å². The Morgan fingerprint density at radius 3 is 2.90 bits per heavy atom. The van der Waals surface area contributed by atoms with E-state index in [0.717, 1.165) is 48.5 Å². The van der Waals surface area contributed by atoms with Gasteiger partial charge >= 0.3 is 0 Å². The van der Waals surface area contributed by atoms with Gasteiger partial charge in [-0.05, 0) is 34.5 Å². The van der Waals surface area contributed by atoms with Crippen LogP contribution in [0.15, 0.2) is 35.5 Å². The van der Waals surface area contributed by atoms with E-state index >= 15 is 0 Å². The molecular weight excluding hydrogens is 448 g/mol. The van der Waals surface area contributed by atoms with Crippen LogP contribution in [-0.2, 0) is 22.7 Å². The van der Waals surface area contributed by atoms with Crippen LogP contribution in [0, 0.1) is 5.92 Å². The fourth-order valence-corrected chi connectivity index (χ4v) is 4.75. The van der Waals surface area contributed by atoms with Crippen molar-refractivity contribution in [2.24, 2.45) is 5.92 Å². The van der Waals surface area contributed by atoms with Crippen molar-refractivity contribution in [3.63, 3.8) is 0 Å². The predicted molar refractivity (Wildman–Crippen MR) is 122 cm³/mol. The Hall–Kier alpha value is -1.48. The van der Waals surface area contributed by atoms with Crippen LogP contribution < -0.4 is 0 Å². The lowest BCUT2D eigenvalue weighted by atomic mass is 10.1. The van der Waals surface area contributed by atoms with E-state index in [9.17, 15) is 0 Å². The van der Waals surface area contributed by atoms with Gasteiger partial charge < -0.3 is 14.0 Å². The van der Waals surface area contributed by atoms with Gasteiger partial charge in [0.1, 0.15) is 11.3 Å². The molecule has 1 saturated heterocycles. The van der Waals surface area contributed by atoms with Gasteiger partial charge in [0.15, 0.2) is 0 Å². The molecule has 1 aliphatic heterocycles. The van der Waals surface area contributed by atoms with Crippen LogP contribution in [0.2, 0.25) is 25.7 Å². The third-order valence-corrected chi connectivity index (χ3v) is 7.51. The zero-order chi connectivity index (χ0) is 20.4. The summed E-state index contributed by atoms with van der Waals surface area (Å²) in [5.41, 5.74) is 3.42. The average molecular weight is 477 g/mol. The summed E-state index contributed by atoms with van der Waals surface area (Å²) < 4.78 is 16.4. The van der Waals surface area contributed by atoms with E-state index in [0.29, 0.717) is 12.6 Å². The summed E-state index contributed by atoms with van der Waals surface area (Å²) >= 11 is 3.52. The average Bonchev–Trinajstić information content (AvgIpc) is 3.39. The molecule has 0 spiro atoms. The number of hydrogen-bond donors (Lipinski definition) is 0. The number of nitrogens with zero attached hydrogens (tertiary/aromatic N) is 4. The minimum Gasteiger partial charge on any atom is -0.381 e. The fraction of sp³-hybridized carbons (Fsp3) is 0.524. The summed E-state index contributed by atoms with van der Waals surface area (Å²) in [6.45, 7) is 11.0. The Labute approximate surface area is 181 Å². The molecule has 0 aromatic carbocycles. The maximum Gasteiger partial charge on any atom is 0.139 e. The van der Waals surface area contributed by atoms with E-state index in [4.69, 9.17) is 9.47 Å². The molecule has 3 aromatic heterocycles. The first-order valence-electron chi connectivity index (χ1n) is 10.2. The molecule has 4 rings (SSSR count). The first-order chi connectivity index (χ1) is 13.9. The first kappa shape index (κ1) is 20.8. The van der Waals surface area contributed by atoms with E-state index in [1.54, 1.807) is 0 Å². The molecule has 0 saturated carbocycles. The maximum absolute atomic E-state index is 5.84. The summed E-state index contributed by atoms with van der Waals surface area (Å²) in [7, 11) is -1.07. The quantitative estimate of drug-likeness (QED) is 0.260. The van der Waals surface area contributed by atoms with Crippen LogP contribution in [0.5, 0.6) is 0 Å². The Morgan fingerprint density at radius 2 is 2.14 bits per heavy atom. The zero-order valence-electron chi connectivity index (χ0n) is 17.4. The third-order valence-electron chi connectivity index (χ3n) is 5.38. The number of fused-ring (bicyclic) bond motifs is 1. The van der Waals surface area contributed by atoms with Gasteiger partial charge in [0.25, 0.3) is 0 Å². The number of pyridine rings is 1. The molecule has 29 heavy (non-hydrogen) atoms. The Bertz CT molecular complexity index is 973. The van der Waals surface area contributed by atoms with Gasteiger partial charge in [0.05, 0.1) is 24.5 Å². The van der Waals surface area contributed by atoms with Crippen molar-refractivity contribution in [1.82, 2.24) is 19.3 Å². The number of ether oxygens (including phenoxy) is 2. The minimum atomic E-state index is -1.07. The largest absolute Gasteiger partial charge is 0.381 e. The lowest BCUT2D eigenvalue weighted by molar-refractivity contribution is 0.0786. The van der Waals surface area contributed by atoms with Crippen LogP contribution >= 0.6 is 15.9 Å². The van der Waals surface area contributed by atoms with E-state index in [-0.39, 0.29) is 0 Å². The molecule has 0 N–H and O–H groups in total. The monoisotopic (exact) mass is 476 g/mol. The molecule has 1 fully saturated rings. The molecule has 0 bridgehead atoms. The Morgan fingerprint density at radius 1 is 1.28 bits per heavy atom. The fourth-order valence-electron chi connectivity index (χ4n) is 3.66. The lowest BCUT2D eigenvalue weighted by Crippen LogP contribution is -2.22. The molecule has 1 aliphatic rings. The van der Waals surface area contributed by atoms with E-state index in [1.165, 1.54) is 17.0 Å². The van der Waals surface area contributed by atoms with Gasteiger partial charge in [-0.3, -0.25) is 0 Å². The highest BCUT2D eigenvalue weighted by atomic mass is 79.9. The minimum absolute atomic E-state index is 0.494. The Kier molecular flexibility index (Phi) is 6.24. The predicted octanol–water partition coefficient (Wildman–Crippen LogP) is 5.01. The molecule has 0 aliphatic carbocycles. The van der Waals surface area contributed by atoms with Crippen molar-refractivity contribution >= 4 is 34.9 Å². The Balaban J connectivity index is 1.54. The van der Waals surface area contributed by atoms with Crippen molar-refractivity contribution in [2.75, 3.05) is 19.8 Å². The number of aromatic nitrogens is 4. The smallest absolute Gasteiger partial charge is 0.139 e. The summed E-state index contributed by atoms with van der Waals surface area (Å²) in [6.07, 6.45) is 9.29. The van der Waals surface area contributed by atoms with Crippen LogP contribution in [0.3, 0.4) is 0 Å². The number of halogens is 1. The lowest BCUT2D eigenvalue weighted by Gasteiger charge is -2.15. The SMILES string of the molecule is C[Si](C)(C)CCOCn1cc(-c2cn(CC3CCOC3)c3cnc(Br)cc23)cn1. The highest BCUT2D eigenvalue weighted by Gasteiger charge is 2.19. The molecule has 1 atom stereocenters. The van der Waals surface area contributed by atoms with Crippen molar-refractivity contribution in [1.29, 1.82) is 0 Å². The van der Waals surface area contributed by atoms with Gasteiger partial charge in [-0.2, -0.15) is 5.10 Å². The number of rotatable bonds is 8. The zero-order valence-corrected chi connectivity index (χ0v) is 20.0. The summed E-state index contributed by atoms with van der Waals surface area (Å²) in [5, 5.41) is 5.70. The molecule has 8 heteroatoms. The summed E-state index contributed by atoms with van der Waals surface area (Å²) in [5.74, 6) is 0.560. The van der Waals surface area contributed by atoms with Crippen LogP contribution in [0.1, 0.15) is 6.42 Å². The standard InChI is InChI=1S/C21H29BrN4O2Si/c1-29(2,3)7-6-28-15-26-12-17(9-24-26)19-13-25(11-16-4-5-27-14-16)20-10-23-21(22)8-18(19)20/h8-10,12-13,16H,4-7,11,14-15H2,1-3H3. The van der Waals surface area contributed by atoms with Crippen LogP contribution in [0.4, 0.5) is 0 Å². The van der Waals surface area contributed by atoms with Gasteiger partial charge in [-0.25, -0.2) is 9.67 Å². The van der Waals surface area contributed by atoms with Crippen molar-refractivity contribution in [3.05, 3.63) is 35.5 Å². The maximum atomic E-state index is 5.84. The summed E-state index contributed by atoms with van der Waals surface area (Å²) in [6, 6.07) is 3.26. The van der Waals surface area contributed by atoms with Gasteiger partial charge in [-0.1, -0.05) is 19.6 Å². The van der Waals surface area contributed by atoms with Crippen LogP contribution in [0.25, 0.3) is 22.0 Å². The second kappa shape index (κ2) is 8.71. The number of hydrogen-bond acceptors (Lipinski definition) is 4. The molecular formula is C21H29BrN4O2Si. The second-order valence-corrected chi connectivity index (χ2v) is 15.5. The van der Waals surface area contributed by atoms with Crippen molar-refractivity contribution < 1.29 is 9.47 Å². The third kappa shape index (κ3) is 5.17. The molecule has 1 unspecified atom stereocenters. The molecule has 0 radical (unpaired) electrons. The van der Waals surface area contributed by atoms with Crippen molar-refractivity contribution in [2.45, 2.75) is 45.4 Å². The normalized spacial score (nSPS) is 17.4. The summed E-state index contributed by atoms with van der Waals surface area (Å²) in [4.78, 5) is 4.45. The topological polar surface area (TPSA) is 54.1 Å². The van der Waals surface area contributed by atoms with E-state index < -0.39 is 8.07 Å². The first-order valence-corrected chi connectivity index (χ1v) is 14.7. The van der Waals surface area contributed by atoms with Crippen LogP contribution in [-0.4, -0.2) is 47.2 Å². The molecule has 4 heterocycles. The second-order valence-electron chi connectivity index (χ2n) is 9.07. The molecule has 156 valence electrons. The van der Waals surface area contributed by atoms with Crippen molar-refractivity contribution in [3.8, 4) is 11.1 Å². The van der Waals surface area contributed by atoms with Gasteiger partial charge in [0.2, 0.25) is 0 Å². The molecule has 3 aromatic rings. The van der Waals surface area contributed by atoms with Gasteiger partial charge in [-0.15, -0.1) is 0 Å². The van der Waals surface area contributed by atoms with Gasteiger partial charge in [0, 0.05) is 62.7 Å². The highest BCUT2D eigenvalue weighted by molar-refractivity contribution is 9.10. The molecule has 0 amide bonds.